The summed E-state index contributed by atoms with van der Waals surface area (Å²) >= 11 is 0. The van der Waals surface area contributed by atoms with Crippen LogP contribution in [-0.2, 0) is 20.6 Å². The molecule has 1 fully saturated rings. The fourth-order valence-corrected chi connectivity index (χ4v) is 4.12. The molecule has 2 aromatic rings. The van der Waals surface area contributed by atoms with Gasteiger partial charge in [0.15, 0.2) is 6.10 Å². The summed E-state index contributed by atoms with van der Waals surface area (Å²) < 4.78 is 28.1. The third-order valence-corrected chi connectivity index (χ3v) is 6.02. The number of aliphatic hydroxyl groups is 4. The van der Waals surface area contributed by atoms with Gasteiger partial charge in [0.05, 0.1) is 12.7 Å². The van der Waals surface area contributed by atoms with E-state index in [-0.39, 0.29) is 24.6 Å². The maximum atomic E-state index is 11.6. The first kappa shape index (κ1) is 29.7. The van der Waals surface area contributed by atoms with Crippen LogP contribution in [0.2, 0.25) is 0 Å². The third-order valence-electron chi connectivity index (χ3n) is 6.02. The molecule has 212 valence electrons. The lowest BCUT2D eigenvalue weighted by molar-refractivity contribution is -0.423. The Morgan fingerprint density at radius 2 is 1.76 bits per heavy atom. The SMILES string of the molecule is CCOC(=O)OC[C@H]1O[C@@](O)(Oc2nn(C(C)C)c(C)c2Cc2ccc(OC(C)C)cc2)[C@H](O)[C@@H](O)[C@@H]1O. The average Bonchev–Trinajstić information content (AvgIpc) is 3.15. The summed E-state index contributed by atoms with van der Waals surface area (Å²) in [5.74, 6) is -2.12. The van der Waals surface area contributed by atoms with E-state index in [0.717, 1.165) is 17.0 Å². The number of aromatic nitrogens is 2. The second kappa shape index (κ2) is 12.3. The van der Waals surface area contributed by atoms with Gasteiger partial charge in [0, 0.05) is 23.7 Å². The highest BCUT2D eigenvalue weighted by Gasteiger charge is 2.56. The quantitative estimate of drug-likeness (QED) is 0.258. The molecule has 4 N–H and O–H groups in total. The standard InChI is InChI=1S/C26H38N2O10/c1-7-34-25(32)35-13-20-21(29)22(30)23(31)26(33,37-20)38-24-19(16(6)28(27-24)14(2)3)12-17-8-10-18(11-9-17)36-15(4)5/h8-11,14-15,20-23,29-31,33H,7,12-13H2,1-6H3/t20-,21-,22+,23-,26-/m1/s1. The lowest BCUT2D eigenvalue weighted by Crippen LogP contribution is -2.67. The summed E-state index contributed by atoms with van der Waals surface area (Å²) in [6.07, 6.45) is -7.70. The first-order chi connectivity index (χ1) is 17.9. The summed E-state index contributed by atoms with van der Waals surface area (Å²) in [6.45, 7) is 10.7. The van der Waals surface area contributed by atoms with Gasteiger partial charge < -0.3 is 44.1 Å². The number of hydrogen-bond donors (Lipinski definition) is 4. The van der Waals surface area contributed by atoms with Crippen LogP contribution in [0, 0.1) is 6.92 Å². The van der Waals surface area contributed by atoms with Crippen LogP contribution >= 0.6 is 0 Å². The molecule has 1 aliphatic rings. The minimum Gasteiger partial charge on any atom is -0.491 e. The van der Waals surface area contributed by atoms with Crippen LogP contribution in [0.1, 0.15) is 57.5 Å². The van der Waals surface area contributed by atoms with Crippen molar-refractivity contribution >= 4 is 6.16 Å². The van der Waals surface area contributed by atoms with Crippen molar-refractivity contribution < 1.29 is 48.9 Å². The van der Waals surface area contributed by atoms with Crippen molar-refractivity contribution in [3.05, 3.63) is 41.1 Å². The zero-order valence-electron chi connectivity index (χ0n) is 22.5. The molecule has 5 atom stereocenters. The molecule has 12 heteroatoms. The fraction of sp³-hybridized carbons (Fsp3) is 0.615. The van der Waals surface area contributed by atoms with Crippen LogP contribution in [0.25, 0.3) is 0 Å². The number of carbonyl (C=O) groups is 1. The van der Waals surface area contributed by atoms with Crippen LogP contribution in [0.3, 0.4) is 0 Å². The molecule has 1 saturated heterocycles. The van der Waals surface area contributed by atoms with Crippen molar-refractivity contribution in [3.63, 3.8) is 0 Å². The van der Waals surface area contributed by atoms with Crippen molar-refractivity contribution in [1.82, 2.24) is 9.78 Å². The van der Waals surface area contributed by atoms with Gasteiger partial charge in [0.1, 0.15) is 30.7 Å². The van der Waals surface area contributed by atoms with Gasteiger partial charge in [-0.2, -0.15) is 0 Å². The van der Waals surface area contributed by atoms with Gasteiger partial charge in [-0.3, -0.25) is 4.68 Å². The zero-order valence-corrected chi connectivity index (χ0v) is 22.5. The van der Waals surface area contributed by atoms with E-state index in [1.165, 1.54) is 0 Å². The molecule has 0 amide bonds. The van der Waals surface area contributed by atoms with Crippen molar-refractivity contribution in [1.29, 1.82) is 0 Å². The molecule has 3 rings (SSSR count). The van der Waals surface area contributed by atoms with Gasteiger partial charge in [-0.1, -0.05) is 12.1 Å². The number of ether oxygens (including phenoxy) is 5. The normalized spacial score (nSPS) is 25.5. The number of hydrogen-bond acceptors (Lipinski definition) is 11. The zero-order chi connectivity index (χ0) is 28.2. The van der Waals surface area contributed by atoms with E-state index < -0.39 is 43.2 Å². The highest BCUT2D eigenvalue weighted by molar-refractivity contribution is 5.59. The Bertz CT molecular complexity index is 1070. The van der Waals surface area contributed by atoms with Crippen LogP contribution in [-0.4, -0.2) is 86.1 Å². The van der Waals surface area contributed by atoms with Gasteiger partial charge in [-0.05, 0) is 59.2 Å². The molecule has 0 radical (unpaired) electrons. The fourth-order valence-electron chi connectivity index (χ4n) is 4.12. The maximum Gasteiger partial charge on any atom is 0.508 e. The molecule has 0 unspecified atom stereocenters. The van der Waals surface area contributed by atoms with E-state index in [4.69, 9.17) is 18.9 Å². The molecule has 2 heterocycles. The Kier molecular flexibility index (Phi) is 9.60. The maximum absolute atomic E-state index is 11.6. The van der Waals surface area contributed by atoms with Crippen molar-refractivity contribution in [2.45, 2.75) is 90.5 Å². The van der Waals surface area contributed by atoms with Gasteiger partial charge >= 0.3 is 12.1 Å². The third kappa shape index (κ3) is 6.75. The van der Waals surface area contributed by atoms with Crippen molar-refractivity contribution in [3.8, 4) is 11.6 Å². The van der Waals surface area contributed by atoms with E-state index in [1.54, 1.807) is 11.6 Å². The predicted molar refractivity (Wildman–Crippen MR) is 134 cm³/mol. The first-order valence-corrected chi connectivity index (χ1v) is 12.6. The van der Waals surface area contributed by atoms with E-state index in [2.05, 4.69) is 9.84 Å². The van der Waals surface area contributed by atoms with Crippen LogP contribution in [0.4, 0.5) is 4.79 Å². The Morgan fingerprint density at radius 3 is 2.34 bits per heavy atom. The predicted octanol–water partition coefficient (Wildman–Crippen LogP) is 1.83. The Hall–Kier alpha value is -2.90. The molecule has 0 aliphatic carbocycles. The molecular formula is C26H38N2O10. The Balaban J connectivity index is 1.88. The number of aliphatic hydroxyl groups excluding tert-OH is 3. The highest BCUT2D eigenvalue weighted by Crippen LogP contribution is 2.35. The number of nitrogens with zero attached hydrogens (tertiary/aromatic N) is 2. The largest absolute Gasteiger partial charge is 0.508 e. The minimum absolute atomic E-state index is 0.0334. The second-order valence-electron chi connectivity index (χ2n) is 9.70. The average molecular weight is 539 g/mol. The van der Waals surface area contributed by atoms with Crippen LogP contribution in [0.5, 0.6) is 11.6 Å². The molecule has 0 bridgehead atoms. The molecular weight excluding hydrogens is 500 g/mol. The van der Waals surface area contributed by atoms with E-state index >= 15 is 0 Å². The summed E-state index contributed by atoms with van der Waals surface area (Å²) in [5, 5.41) is 47.0. The lowest BCUT2D eigenvalue weighted by Gasteiger charge is -2.44. The topological polar surface area (TPSA) is 162 Å². The Morgan fingerprint density at radius 1 is 1.11 bits per heavy atom. The molecule has 38 heavy (non-hydrogen) atoms. The summed E-state index contributed by atoms with van der Waals surface area (Å²) in [6, 6.07) is 7.45. The lowest BCUT2D eigenvalue weighted by atomic mass is 9.97. The van der Waals surface area contributed by atoms with E-state index in [9.17, 15) is 25.2 Å². The van der Waals surface area contributed by atoms with Gasteiger partial charge in [-0.15, -0.1) is 5.10 Å². The monoisotopic (exact) mass is 538 g/mol. The number of rotatable bonds is 10. The second-order valence-corrected chi connectivity index (χ2v) is 9.70. The molecule has 0 saturated carbocycles. The van der Waals surface area contributed by atoms with E-state index in [0.29, 0.717) is 12.0 Å². The van der Waals surface area contributed by atoms with Crippen molar-refractivity contribution in [2.75, 3.05) is 13.2 Å². The summed E-state index contributed by atoms with van der Waals surface area (Å²) in [5.41, 5.74) is 2.28. The van der Waals surface area contributed by atoms with Crippen LogP contribution < -0.4 is 9.47 Å². The van der Waals surface area contributed by atoms with Crippen LogP contribution in [0.15, 0.2) is 24.3 Å². The smallest absolute Gasteiger partial charge is 0.491 e. The van der Waals surface area contributed by atoms with E-state index in [1.807, 2.05) is 58.9 Å². The molecule has 1 aromatic heterocycles. The van der Waals surface area contributed by atoms with Gasteiger partial charge in [-0.25, -0.2) is 4.79 Å². The molecule has 1 aromatic carbocycles. The number of carbonyl (C=O) groups excluding carboxylic acids is 1. The van der Waals surface area contributed by atoms with Gasteiger partial charge in [0.2, 0.25) is 5.88 Å². The Labute approximate surface area is 221 Å². The molecule has 0 spiro atoms. The summed E-state index contributed by atoms with van der Waals surface area (Å²) in [7, 11) is 0. The highest BCUT2D eigenvalue weighted by atomic mass is 16.8. The summed E-state index contributed by atoms with van der Waals surface area (Å²) in [4.78, 5) is 11.6. The molecule has 1 aliphatic heterocycles. The van der Waals surface area contributed by atoms with Gasteiger partial charge in [0.25, 0.3) is 0 Å². The minimum atomic E-state index is -2.81. The van der Waals surface area contributed by atoms with Crippen molar-refractivity contribution in [2.24, 2.45) is 0 Å². The molecule has 12 nitrogen and oxygen atoms in total. The number of benzene rings is 1. The first-order valence-electron chi connectivity index (χ1n) is 12.6.